The second-order valence-corrected chi connectivity index (χ2v) is 9.38. The fourth-order valence-electron chi connectivity index (χ4n) is 5.59. The molecule has 0 amide bonds. The number of hydrogen-bond donors (Lipinski definition) is 1. The number of aromatic nitrogens is 3. The van der Waals surface area contributed by atoms with Crippen molar-refractivity contribution < 1.29 is 19.4 Å². The molecule has 3 saturated carbocycles. The summed E-state index contributed by atoms with van der Waals surface area (Å²) in [6, 6.07) is 11.9. The summed E-state index contributed by atoms with van der Waals surface area (Å²) < 4.78 is 13.2. The standard InChI is InChI=1S/C25H25N3O4/c1-16-3-2-4-19(26-16)22-18(17-5-6-20-21(13-17)32-15-31-20)14-28(27-22)25-10-7-24(8-11-25,9-12-25)23(29)30/h2-6,13-14H,7-12,15H2,1H3,(H,29,30). The van der Waals surface area contributed by atoms with Gasteiger partial charge in [-0.15, -0.1) is 0 Å². The van der Waals surface area contributed by atoms with E-state index in [9.17, 15) is 9.90 Å². The second-order valence-electron chi connectivity index (χ2n) is 9.38. The number of aryl methyl sites for hydroxylation is 1. The molecule has 2 aromatic heterocycles. The Morgan fingerprint density at radius 2 is 1.78 bits per heavy atom. The second kappa shape index (κ2) is 6.82. The molecule has 1 aliphatic heterocycles. The summed E-state index contributed by atoms with van der Waals surface area (Å²) in [5, 5.41) is 14.8. The Kier molecular flexibility index (Phi) is 4.12. The number of rotatable bonds is 4. The van der Waals surface area contributed by atoms with Gasteiger partial charge in [-0.3, -0.25) is 14.5 Å². The Balaban J connectivity index is 1.46. The molecular formula is C25H25N3O4. The molecule has 1 N–H and O–H groups in total. The van der Waals surface area contributed by atoms with Crippen LogP contribution in [0, 0.1) is 12.3 Å². The number of hydrogen-bond acceptors (Lipinski definition) is 5. The van der Waals surface area contributed by atoms with E-state index in [1.807, 2.05) is 43.3 Å². The Morgan fingerprint density at radius 3 is 2.50 bits per heavy atom. The van der Waals surface area contributed by atoms with Crippen molar-refractivity contribution in [2.24, 2.45) is 5.41 Å². The highest BCUT2D eigenvalue weighted by atomic mass is 16.7. The van der Waals surface area contributed by atoms with Crippen LogP contribution in [0.15, 0.2) is 42.6 Å². The van der Waals surface area contributed by atoms with Gasteiger partial charge >= 0.3 is 5.97 Å². The fraction of sp³-hybridized carbons (Fsp3) is 0.400. The van der Waals surface area contributed by atoms with E-state index < -0.39 is 11.4 Å². The van der Waals surface area contributed by atoms with Gasteiger partial charge in [0.2, 0.25) is 6.79 Å². The van der Waals surface area contributed by atoms with Crippen LogP contribution in [0.5, 0.6) is 11.5 Å². The molecule has 4 aliphatic rings. The first kappa shape index (κ1) is 19.3. The molecule has 3 heterocycles. The van der Waals surface area contributed by atoms with E-state index in [1.165, 1.54) is 0 Å². The number of aliphatic carboxylic acids is 1. The number of fused-ring (bicyclic) bond motifs is 4. The van der Waals surface area contributed by atoms with Gasteiger partial charge in [0.05, 0.1) is 16.6 Å². The van der Waals surface area contributed by atoms with Crippen molar-refractivity contribution in [1.29, 1.82) is 0 Å². The average Bonchev–Trinajstić information content (AvgIpc) is 3.47. The predicted octanol–water partition coefficient (Wildman–Crippen LogP) is 4.78. The zero-order valence-corrected chi connectivity index (χ0v) is 18.0. The van der Waals surface area contributed by atoms with Crippen molar-refractivity contribution in [2.45, 2.75) is 51.0 Å². The van der Waals surface area contributed by atoms with Crippen molar-refractivity contribution in [1.82, 2.24) is 14.8 Å². The van der Waals surface area contributed by atoms with Crippen molar-refractivity contribution in [3.05, 3.63) is 48.3 Å². The number of ether oxygens (including phenoxy) is 2. The highest BCUT2D eigenvalue weighted by Crippen LogP contribution is 2.56. The molecule has 7 rings (SSSR count). The Labute approximate surface area is 186 Å². The molecular weight excluding hydrogens is 406 g/mol. The normalized spacial score (nSPS) is 25.8. The summed E-state index contributed by atoms with van der Waals surface area (Å²) in [6.45, 7) is 2.21. The molecule has 0 atom stereocenters. The number of benzene rings is 1. The van der Waals surface area contributed by atoms with Crippen LogP contribution < -0.4 is 9.47 Å². The third kappa shape index (κ3) is 2.83. The molecule has 164 valence electrons. The topological polar surface area (TPSA) is 86.5 Å². The van der Waals surface area contributed by atoms with Crippen molar-refractivity contribution >= 4 is 5.97 Å². The molecule has 3 fully saturated rings. The van der Waals surface area contributed by atoms with Gasteiger partial charge < -0.3 is 14.6 Å². The maximum absolute atomic E-state index is 11.9. The van der Waals surface area contributed by atoms with Crippen LogP contribution in [-0.2, 0) is 10.3 Å². The maximum atomic E-state index is 11.9. The first-order chi connectivity index (χ1) is 15.5. The first-order valence-corrected chi connectivity index (χ1v) is 11.2. The van der Waals surface area contributed by atoms with Gasteiger partial charge in [0.15, 0.2) is 11.5 Å². The SMILES string of the molecule is Cc1cccc(-c2nn(C34CCC(C(=O)O)(CC3)CC4)cc2-c2ccc3c(c2)OCO3)n1. The third-order valence-electron chi connectivity index (χ3n) is 7.68. The first-order valence-electron chi connectivity index (χ1n) is 11.2. The van der Waals surface area contributed by atoms with Crippen molar-refractivity contribution in [2.75, 3.05) is 6.79 Å². The van der Waals surface area contributed by atoms with E-state index in [2.05, 4.69) is 10.9 Å². The monoisotopic (exact) mass is 431 g/mol. The molecule has 2 bridgehead atoms. The lowest BCUT2D eigenvalue weighted by Gasteiger charge is -2.51. The number of pyridine rings is 1. The number of carboxylic acid groups (broad SMARTS) is 1. The molecule has 3 aliphatic carbocycles. The molecule has 3 aromatic rings. The minimum absolute atomic E-state index is 0.135. The Morgan fingerprint density at radius 1 is 1.03 bits per heavy atom. The van der Waals surface area contributed by atoms with E-state index in [1.54, 1.807) is 0 Å². The summed E-state index contributed by atoms with van der Waals surface area (Å²) in [6.07, 6.45) is 6.75. The van der Waals surface area contributed by atoms with E-state index in [-0.39, 0.29) is 12.3 Å². The minimum Gasteiger partial charge on any atom is -0.481 e. The van der Waals surface area contributed by atoms with Crippen LogP contribution >= 0.6 is 0 Å². The lowest BCUT2D eigenvalue weighted by Crippen LogP contribution is -2.50. The van der Waals surface area contributed by atoms with Gasteiger partial charge in [-0.1, -0.05) is 12.1 Å². The van der Waals surface area contributed by atoms with Gasteiger partial charge in [-0.25, -0.2) is 0 Å². The molecule has 7 nitrogen and oxygen atoms in total. The Hall–Kier alpha value is -3.35. The summed E-state index contributed by atoms with van der Waals surface area (Å²) in [4.78, 5) is 16.6. The molecule has 0 unspecified atom stereocenters. The molecule has 0 saturated heterocycles. The van der Waals surface area contributed by atoms with Crippen molar-refractivity contribution in [3.8, 4) is 34.0 Å². The molecule has 0 radical (unpaired) electrons. The summed E-state index contributed by atoms with van der Waals surface area (Å²) in [7, 11) is 0. The smallest absolute Gasteiger partial charge is 0.309 e. The summed E-state index contributed by atoms with van der Waals surface area (Å²) in [5.41, 5.74) is 3.92. The van der Waals surface area contributed by atoms with Crippen LogP contribution in [0.4, 0.5) is 0 Å². The van der Waals surface area contributed by atoms with Crippen LogP contribution in [0.25, 0.3) is 22.5 Å². The third-order valence-corrected chi connectivity index (χ3v) is 7.68. The van der Waals surface area contributed by atoms with Crippen LogP contribution in [0.1, 0.15) is 44.2 Å². The zero-order valence-electron chi connectivity index (χ0n) is 18.0. The molecule has 1 aromatic carbocycles. The average molecular weight is 431 g/mol. The summed E-state index contributed by atoms with van der Waals surface area (Å²) >= 11 is 0. The predicted molar refractivity (Wildman–Crippen MR) is 117 cm³/mol. The number of carboxylic acids is 1. The van der Waals surface area contributed by atoms with Gasteiger partial charge in [0.25, 0.3) is 0 Å². The zero-order chi connectivity index (χ0) is 21.9. The van der Waals surface area contributed by atoms with Gasteiger partial charge in [0, 0.05) is 17.5 Å². The largest absolute Gasteiger partial charge is 0.481 e. The maximum Gasteiger partial charge on any atom is 0.309 e. The molecule has 0 spiro atoms. The number of carbonyl (C=O) groups is 1. The highest BCUT2D eigenvalue weighted by Gasteiger charge is 2.54. The van der Waals surface area contributed by atoms with Crippen LogP contribution in [0.2, 0.25) is 0 Å². The van der Waals surface area contributed by atoms with Crippen molar-refractivity contribution in [3.63, 3.8) is 0 Å². The lowest BCUT2D eigenvalue weighted by molar-refractivity contribution is -0.158. The van der Waals surface area contributed by atoms with E-state index in [0.717, 1.165) is 59.0 Å². The van der Waals surface area contributed by atoms with E-state index in [4.69, 9.17) is 19.6 Å². The fourth-order valence-corrected chi connectivity index (χ4v) is 5.59. The summed E-state index contributed by atoms with van der Waals surface area (Å²) in [5.74, 6) is 0.842. The van der Waals surface area contributed by atoms with Gasteiger partial charge in [0.1, 0.15) is 5.69 Å². The Bertz CT molecular complexity index is 1210. The van der Waals surface area contributed by atoms with E-state index >= 15 is 0 Å². The minimum atomic E-state index is -0.642. The van der Waals surface area contributed by atoms with Gasteiger partial charge in [-0.05, 0) is 75.3 Å². The quantitative estimate of drug-likeness (QED) is 0.640. The molecule has 32 heavy (non-hydrogen) atoms. The van der Waals surface area contributed by atoms with Crippen LogP contribution in [0.3, 0.4) is 0 Å². The number of nitrogens with zero attached hydrogens (tertiary/aromatic N) is 3. The highest BCUT2D eigenvalue weighted by molar-refractivity contribution is 5.80. The molecule has 7 heteroatoms. The van der Waals surface area contributed by atoms with Crippen LogP contribution in [-0.4, -0.2) is 32.6 Å². The van der Waals surface area contributed by atoms with Gasteiger partial charge in [-0.2, -0.15) is 5.10 Å². The van der Waals surface area contributed by atoms with E-state index in [0.29, 0.717) is 19.3 Å². The lowest BCUT2D eigenvalue weighted by atomic mass is 9.57.